The van der Waals surface area contributed by atoms with Crippen molar-refractivity contribution >= 4 is 11.8 Å². The fraction of sp³-hybridized carbons (Fsp3) is 0.286. The van der Waals surface area contributed by atoms with Crippen LogP contribution in [0.15, 0.2) is 46.1 Å². The Kier molecular flexibility index (Phi) is 4.20. The van der Waals surface area contributed by atoms with Crippen molar-refractivity contribution in [2.24, 2.45) is 0 Å². The minimum Gasteiger partial charge on any atom is -0.310 e. The molecule has 0 aliphatic rings. The smallest absolute Gasteiger partial charge is 0.251 e. The Morgan fingerprint density at radius 2 is 2.00 bits per heavy atom. The van der Waals surface area contributed by atoms with Gasteiger partial charge in [-0.2, -0.15) is 0 Å². The van der Waals surface area contributed by atoms with E-state index in [2.05, 4.69) is 22.1 Å². The Morgan fingerprint density at radius 3 is 2.67 bits per heavy atom. The average molecular weight is 260 g/mol. The molecule has 0 fully saturated rings. The number of benzene rings is 1. The standard InChI is InChI=1S/C14H16N2OS/c1-10(2)12-8-14(17)16-13(15-12)9-18-11-6-4-3-5-7-11/h3-8,10H,9H2,1-2H3,(H,15,16,17). The van der Waals surface area contributed by atoms with Gasteiger partial charge < -0.3 is 4.98 Å². The van der Waals surface area contributed by atoms with Crippen molar-refractivity contribution in [1.82, 2.24) is 9.97 Å². The molecular weight excluding hydrogens is 244 g/mol. The topological polar surface area (TPSA) is 45.8 Å². The number of hydrogen-bond acceptors (Lipinski definition) is 3. The van der Waals surface area contributed by atoms with E-state index in [0.717, 1.165) is 11.5 Å². The highest BCUT2D eigenvalue weighted by Gasteiger charge is 2.05. The summed E-state index contributed by atoms with van der Waals surface area (Å²) in [4.78, 5) is 20.0. The molecule has 2 rings (SSSR count). The van der Waals surface area contributed by atoms with Crippen molar-refractivity contribution in [3.63, 3.8) is 0 Å². The SMILES string of the molecule is CC(C)c1cc(=O)[nH]c(CSc2ccccc2)n1. The zero-order chi connectivity index (χ0) is 13.0. The molecular formula is C14H16N2OS. The summed E-state index contributed by atoms with van der Waals surface area (Å²) in [6.45, 7) is 4.08. The van der Waals surface area contributed by atoms with E-state index in [-0.39, 0.29) is 11.5 Å². The third kappa shape index (κ3) is 3.47. The lowest BCUT2D eigenvalue weighted by Gasteiger charge is -2.06. The van der Waals surface area contributed by atoms with E-state index in [1.807, 2.05) is 32.0 Å². The molecule has 0 atom stereocenters. The van der Waals surface area contributed by atoms with Crippen LogP contribution in [-0.2, 0) is 5.75 Å². The molecule has 1 heterocycles. The summed E-state index contributed by atoms with van der Waals surface area (Å²) in [5.41, 5.74) is 0.778. The highest BCUT2D eigenvalue weighted by atomic mass is 32.2. The molecule has 1 aromatic carbocycles. The summed E-state index contributed by atoms with van der Waals surface area (Å²) in [7, 11) is 0. The van der Waals surface area contributed by atoms with E-state index in [9.17, 15) is 4.79 Å². The van der Waals surface area contributed by atoms with Crippen LogP contribution in [0, 0.1) is 0 Å². The summed E-state index contributed by atoms with van der Waals surface area (Å²) in [5.74, 6) is 1.69. The van der Waals surface area contributed by atoms with Crippen LogP contribution in [0.5, 0.6) is 0 Å². The number of H-pyrrole nitrogens is 1. The first-order valence-electron chi connectivity index (χ1n) is 5.93. The summed E-state index contributed by atoms with van der Waals surface area (Å²) in [5, 5.41) is 0. The van der Waals surface area contributed by atoms with E-state index in [0.29, 0.717) is 5.75 Å². The van der Waals surface area contributed by atoms with Crippen LogP contribution >= 0.6 is 11.8 Å². The molecule has 0 aliphatic heterocycles. The fourth-order valence-corrected chi connectivity index (χ4v) is 2.35. The molecule has 0 bridgehead atoms. The molecule has 94 valence electrons. The van der Waals surface area contributed by atoms with Crippen molar-refractivity contribution in [2.45, 2.75) is 30.4 Å². The molecule has 4 heteroatoms. The van der Waals surface area contributed by atoms with Gasteiger partial charge in [0, 0.05) is 11.0 Å². The van der Waals surface area contributed by atoms with Crippen molar-refractivity contribution in [3.8, 4) is 0 Å². The largest absolute Gasteiger partial charge is 0.310 e. The van der Waals surface area contributed by atoms with E-state index >= 15 is 0 Å². The first-order chi connectivity index (χ1) is 8.65. The molecule has 0 spiro atoms. The molecule has 18 heavy (non-hydrogen) atoms. The molecule has 0 saturated heterocycles. The van der Waals surface area contributed by atoms with Crippen molar-refractivity contribution in [3.05, 3.63) is 58.3 Å². The second kappa shape index (κ2) is 5.87. The van der Waals surface area contributed by atoms with E-state index in [1.165, 1.54) is 4.90 Å². The number of thioether (sulfide) groups is 1. The van der Waals surface area contributed by atoms with Crippen LogP contribution in [0.4, 0.5) is 0 Å². The number of nitrogens with one attached hydrogen (secondary N) is 1. The maximum Gasteiger partial charge on any atom is 0.251 e. The third-order valence-corrected chi connectivity index (χ3v) is 3.54. The number of aromatic amines is 1. The first-order valence-corrected chi connectivity index (χ1v) is 6.91. The monoisotopic (exact) mass is 260 g/mol. The average Bonchev–Trinajstić information content (AvgIpc) is 2.37. The molecule has 0 saturated carbocycles. The van der Waals surface area contributed by atoms with Gasteiger partial charge in [0.25, 0.3) is 5.56 Å². The van der Waals surface area contributed by atoms with Gasteiger partial charge in [0.2, 0.25) is 0 Å². The molecule has 0 aliphatic carbocycles. The van der Waals surface area contributed by atoms with Crippen LogP contribution in [0.3, 0.4) is 0 Å². The normalized spacial score (nSPS) is 10.8. The van der Waals surface area contributed by atoms with Crippen molar-refractivity contribution in [2.75, 3.05) is 0 Å². The highest BCUT2D eigenvalue weighted by molar-refractivity contribution is 7.98. The van der Waals surface area contributed by atoms with Crippen molar-refractivity contribution in [1.29, 1.82) is 0 Å². The van der Waals surface area contributed by atoms with Crippen LogP contribution in [-0.4, -0.2) is 9.97 Å². The zero-order valence-electron chi connectivity index (χ0n) is 10.5. The summed E-state index contributed by atoms with van der Waals surface area (Å²) in [6, 6.07) is 11.7. The Morgan fingerprint density at radius 1 is 1.28 bits per heavy atom. The maximum absolute atomic E-state index is 11.5. The van der Waals surface area contributed by atoms with Crippen molar-refractivity contribution < 1.29 is 0 Å². The molecule has 0 amide bonds. The predicted molar refractivity (Wildman–Crippen MR) is 74.9 cm³/mol. The van der Waals surface area contributed by atoms with Crippen LogP contribution in [0.2, 0.25) is 0 Å². The van der Waals surface area contributed by atoms with Crippen LogP contribution in [0.25, 0.3) is 0 Å². The second-order valence-corrected chi connectivity index (χ2v) is 5.42. The molecule has 2 aromatic rings. The first kappa shape index (κ1) is 12.9. The Hall–Kier alpha value is -1.55. The van der Waals surface area contributed by atoms with Gasteiger partial charge in [-0.25, -0.2) is 4.98 Å². The van der Waals surface area contributed by atoms with Gasteiger partial charge in [-0.1, -0.05) is 32.0 Å². The molecule has 0 radical (unpaired) electrons. The Labute approximate surface area is 111 Å². The van der Waals surface area contributed by atoms with Gasteiger partial charge in [-0.15, -0.1) is 11.8 Å². The summed E-state index contributed by atoms with van der Waals surface area (Å²) >= 11 is 1.67. The fourth-order valence-electron chi connectivity index (χ4n) is 1.56. The molecule has 1 N–H and O–H groups in total. The van der Waals surface area contributed by atoms with Gasteiger partial charge in [0.05, 0.1) is 11.4 Å². The lowest BCUT2D eigenvalue weighted by atomic mass is 10.1. The minimum atomic E-state index is -0.0719. The van der Waals surface area contributed by atoms with Gasteiger partial charge >= 0.3 is 0 Å². The van der Waals surface area contributed by atoms with Crippen LogP contribution < -0.4 is 5.56 Å². The quantitative estimate of drug-likeness (QED) is 0.859. The Bertz CT molecular complexity index is 564. The number of nitrogens with zero attached hydrogens (tertiary/aromatic N) is 1. The number of aromatic nitrogens is 2. The van der Waals surface area contributed by atoms with Gasteiger partial charge in [0.1, 0.15) is 5.82 Å². The van der Waals surface area contributed by atoms with E-state index < -0.39 is 0 Å². The zero-order valence-corrected chi connectivity index (χ0v) is 11.3. The number of hydrogen-bond donors (Lipinski definition) is 1. The lowest BCUT2D eigenvalue weighted by molar-refractivity contribution is 0.793. The molecule has 3 nitrogen and oxygen atoms in total. The minimum absolute atomic E-state index is 0.0719. The summed E-state index contributed by atoms with van der Waals surface area (Å²) in [6.07, 6.45) is 0. The lowest BCUT2D eigenvalue weighted by Crippen LogP contribution is -2.12. The second-order valence-electron chi connectivity index (χ2n) is 4.37. The summed E-state index contributed by atoms with van der Waals surface area (Å²) < 4.78 is 0. The predicted octanol–water partition coefficient (Wildman–Crippen LogP) is 3.19. The van der Waals surface area contributed by atoms with Gasteiger partial charge in [0.15, 0.2) is 0 Å². The van der Waals surface area contributed by atoms with Crippen LogP contribution in [0.1, 0.15) is 31.3 Å². The highest BCUT2D eigenvalue weighted by Crippen LogP contribution is 2.20. The third-order valence-electron chi connectivity index (χ3n) is 2.52. The van der Waals surface area contributed by atoms with Gasteiger partial charge in [-0.3, -0.25) is 4.79 Å². The van der Waals surface area contributed by atoms with E-state index in [1.54, 1.807) is 17.8 Å². The number of rotatable bonds is 4. The van der Waals surface area contributed by atoms with E-state index in [4.69, 9.17) is 0 Å². The van der Waals surface area contributed by atoms with Gasteiger partial charge in [-0.05, 0) is 18.1 Å². The molecule has 0 unspecified atom stereocenters. The molecule has 1 aromatic heterocycles. The Balaban J connectivity index is 2.12. The maximum atomic E-state index is 11.5.